The van der Waals surface area contributed by atoms with Crippen molar-refractivity contribution in [2.45, 2.75) is 92.2 Å². The molecule has 2 nitrogen and oxygen atoms in total. The van der Waals surface area contributed by atoms with Crippen LogP contribution in [0.15, 0.2) is 0 Å². The smallest absolute Gasteiger partial charge is 0.0566 e. The van der Waals surface area contributed by atoms with Crippen molar-refractivity contribution in [1.29, 1.82) is 0 Å². The summed E-state index contributed by atoms with van der Waals surface area (Å²) in [5, 5.41) is 6.70. The van der Waals surface area contributed by atoms with Crippen molar-refractivity contribution in [3.05, 3.63) is 0 Å². The lowest BCUT2D eigenvalue weighted by Crippen LogP contribution is -2.37. The summed E-state index contributed by atoms with van der Waals surface area (Å²) in [4.78, 5) is 0. The third kappa shape index (κ3) is 9.52. The standard InChI is InChI=1S/C19H42N2/c1-8-9-12-19(14-16(2)3,15-17(4)5)13-10-11-18(20-6)21-7/h16-18,20-21H,8-15H2,1-7H3. The molecule has 0 bridgehead atoms. The largest absolute Gasteiger partial charge is 0.305 e. The van der Waals surface area contributed by atoms with Crippen molar-refractivity contribution in [2.24, 2.45) is 17.3 Å². The van der Waals surface area contributed by atoms with E-state index in [0.717, 1.165) is 11.8 Å². The van der Waals surface area contributed by atoms with Gasteiger partial charge in [-0.3, -0.25) is 0 Å². The third-order valence-corrected chi connectivity index (χ3v) is 4.64. The highest BCUT2D eigenvalue weighted by atomic mass is 15.1. The Bertz CT molecular complexity index is 222. The second-order valence-electron chi connectivity index (χ2n) is 7.82. The van der Waals surface area contributed by atoms with Crippen LogP contribution in [0.5, 0.6) is 0 Å². The van der Waals surface area contributed by atoms with Gasteiger partial charge in [0.15, 0.2) is 0 Å². The van der Waals surface area contributed by atoms with E-state index in [-0.39, 0.29) is 0 Å². The van der Waals surface area contributed by atoms with Gasteiger partial charge >= 0.3 is 0 Å². The van der Waals surface area contributed by atoms with Crippen molar-refractivity contribution >= 4 is 0 Å². The van der Waals surface area contributed by atoms with E-state index in [2.05, 4.69) is 45.3 Å². The van der Waals surface area contributed by atoms with Crippen LogP contribution < -0.4 is 10.6 Å². The third-order valence-electron chi connectivity index (χ3n) is 4.64. The molecule has 0 unspecified atom stereocenters. The SMILES string of the molecule is CCCCC(CCCC(NC)NC)(CC(C)C)CC(C)C. The monoisotopic (exact) mass is 298 g/mol. The van der Waals surface area contributed by atoms with Gasteiger partial charge in [-0.25, -0.2) is 0 Å². The minimum atomic E-state index is 0.465. The van der Waals surface area contributed by atoms with Gasteiger partial charge in [0.05, 0.1) is 6.17 Å². The average Bonchev–Trinajstić information content (AvgIpc) is 2.40. The van der Waals surface area contributed by atoms with Gasteiger partial charge in [-0.05, 0) is 63.5 Å². The summed E-state index contributed by atoms with van der Waals surface area (Å²) in [6, 6.07) is 0. The zero-order valence-corrected chi connectivity index (χ0v) is 15.9. The molecule has 2 heteroatoms. The highest BCUT2D eigenvalue weighted by Gasteiger charge is 2.30. The van der Waals surface area contributed by atoms with Crippen LogP contribution in [0.2, 0.25) is 0 Å². The fourth-order valence-corrected chi connectivity index (χ4v) is 4.01. The number of rotatable bonds is 13. The molecule has 0 fully saturated rings. The Hall–Kier alpha value is -0.0800. The maximum atomic E-state index is 3.35. The quantitative estimate of drug-likeness (QED) is 0.457. The van der Waals surface area contributed by atoms with E-state index in [9.17, 15) is 0 Å². The second-order valence-corrected chi connectivity index (χ2v) is 7.82. The Morgan fingerprint density at radius 2 is 1.29 bits per heavy atom. The van der Waals surface area contributed by atoms with Crippen molar-refractivity contribution in [2.75, 3.05) is 14.1 Å². The molecule has 0 rings (SSSR count). The highest BCUT2D eigenvalue weighted by Crippen LogP contribution is 2.43. The van der Waals surface area contributed by atoms with Gasteiger partial charge in [0.1, 0.15) is 0 Å². The topological polar surface area (TPSA) is 24.1 Å². The predicted octanol–water partition coefficient (Wildman–Crippen LogP) is 5.19. The lowest BCUT2D eigenvalue weighted by molar-refractivity contribution is 0.138. The van der Waals surface area contributed by atoms with Gasteiger partial charge in [-0.15, -0.1) is 0 Å². The van der Waals surface area contributed by atoms with Crippen LogP contribution in [0.1, 0.15) is 86.0 Å². The molecule has 0 aromatic rings. The molecule has 0 saturated heterocycles. The summed E-state index contributed by atoms with van der Waals surface area (Å²) < 4.78 is 0. The summed E-state index contributed by atoms with van der Waals surface area (Å²) >= 11 is 0. The lowest BCUT2D eigenvalue weighted by Gasteiger charge is -2.38. The fourth-order valence-electron chi connectivity index (χ4n) is 4.01. The molecule has 0 aliphatic carbocycles. The van der Waals surface area contributed by atoms with Gasteiger partial charge in [0, 0.05) is 0 Å². The predicted molar refractivity (Wildman–Crippen MR) is 96.6 cm³/mol. The Balaban J connectivity index is 4.71. The summed E-state index contributed by atoms with van der Waals surface area (Å²) in [7, 11) is 4.10. The first kappa shape index (κ1) is 20.9. The molecule has 0 amide bonds. The normalized spacial score (nSPS) is 12.9. The molecule has 2 N–H and O–H groups in total. The molecular weight excluding hydrogens is 256 g/mol. The lowest BCUT2D eigenvalue weighted by atomic mass is 9.68. The van der Waals surface area contributed by atoms with Gasteiger partial charge in [0.25, 0.3) is 0 Å². The Morgan fingerprint density at radius 1 is 0.810 bits per heavy atom. The van der Waals surface area contributed by atoms with Gasteiger partial charge in [-0.2, -0.15) is 0 Å². The molecule has 0 spiro atoms. The van der Waals surface area contributed by atoms with E-state index >= 15 is 0 Å². The van der Waals surface area contributed by atoms with Gasteiger partial charge in [-0.1, -0.05) is 53.9 Å². The molecule has 0 saturated carbocycles. The Morgan fingerprint density at radius 3 is 1.67 bits per heavy atom. The van der Waals surface area contributed by atoms with Crippen LogP contribution in [0.3, 0.4) is 0 Å². The van der Waals surface area contributed by atoms with E-state index in [4.69, 9.17) is 0 Å². The summed E-state index contributed by atoms with van der Waals surface area (Å²) in [5.41, 5.74) is 0.574. The summed E-state index contributed by atoms with van der Waals surface area (Å²) in [6.45, 7) is 11.9. The van der Waals surface area contributed by atoms with Crippen LogP contribution in [0.4, 0.5) is 0 Å². The number of hydrogen-bond acceptors (Lipinski definition) is 2. The molecule has 0 heterocycles. The van der Waals surface area contributed by atoms with Crippen LogP contribution in [-0.4, -0.2) is 20.3 Å². The average molecular weight is 299 g/mol. The van der Waals surface area contributed by atoms with Crippen LogP contribution in [0, 0.1) is 17.3 Å². The van der Waals surface area contributed by atoms with E-state index in [1.165, 1.54) is 51.4 Å². The molecule has 0 aromatic carbocycles. The maximum absolute atomic E-state index is 3.35. The minimum Gasteiger partial charge on any atom is -0.305 e. The number of hydrogen-bond donors (Lipinski definition) is 2. The van der Waals surface area contributed by atoms with Crippen LogP contribution in [-0.2, 0) is 0 Å². The zero-order chi connectivity index (χ0) is 16.3. The van der Waals surface area contributed by atoms with Crippen molar-refractivity contribution < 1.29 is 0 Å². The van der Waals surface area contributed by atoms with E-state index in [1.54, 1.807) is 0 Å². The molecule has 0 aromatic heterocycles. The summed E-state index contributed by atoms with van der Waals surface area (Å²) in [6.07, 6.45) is 11.4. The molecule has 21 heavy (non-hydrogen) atoms. The van der Waals surface area contributed by atoms with E-state index in [1.807, 2.05) is 14.1 Å². The maximum Gasteiger partial charge on any atom is 0.0566 e. The molecule has 128 valence electrons. The molecule has 0 aliphatic rings. The molecule has 0 atom stereocenters. The number of nitrogens with one attached hydrogen (secondary N) is 2. The van der Waals surface area contributed by atoms with Gasteiger partial charge < -0.3 is 10.6 Å². The van der Waals surface area contributed by atoms with E-state index < -0.39 is 0 Å². The minimum absolute atomic E-state index is 0.465. The zero-order valence-electron chi connectivity index (χ0n) is 15.9. The highest BCUT2D eigenvalue weighted by molar-refractivity contribution is 4.82. The van der Waals surface area contributed by atoms with Crippen molar-refractivity contribution in [1.82, 2.24) is 10.6 Å². The first-order chi connectivity index (χ1) is 9.89. The van der Waals surface area contributed by atoms with E-state index in [0.29, 0.717) is 11.6 Å². The number of unbranched alkanes of at least 4 members (excludes halogenated alkanes) is 1. The fraction of sp³-hybridized carbons (Fsp3) is 1.00. The van der Waals surface area contributed by atoms with Crippen molar-refractivity contribution in [3.8, 4) is 0 Å². The Kier molecular flexibility index (Phi) is 11.4. The van der Waals surface area contributed by atoms with Crippen LogP contribution >= 0.6 is 0 Å². The Labute approximate surface area is 134 Å². The summed E-state index contributed by atoms with van der Waals surface area (Å²) in [5.74, 6) is 1.62. The molecule has 0 aliphatic heterocycles. The van der Waals surface area contributed by atoms with Crippen molar-refractivity contribution in [3.63, 3.8) is 0 Å². The second kappa shape index (κ2) is 11.5. The first-order valence-electron chi connectivity index (χ1n) is 9.23. The van der Waals surface area contributed by atoms with Gasteiger partial charge in [0.2, 0.25) is 0 Å². The van der Waals surface area contributed by atoms with Crippen LogP contribution in [0.25, 0.3) is 0 Å². The molecule has 0 radical (unpaired) electrons. The molecular formula is C19H42N2. The first-order valence-corrected chi connectivity index (χ1v) is 9.23.